The molecule has 1 N–H and O–H groups in total. The lowest BCUT2D eigenvalue weighted by Gasteiger charge is -2.36. The van der Waals surface area contributed by atoms with Gasteiger partial charge in [0.1, 0.15) is 0 Å². The van der Waals surface area contributed by atoms with E-state index in [0.29, 0.717) is 12.6 Å². The summed E-state index contributed by atoms with van der Waals surface area (Å²) >= 11 is 0. The molecular formula is C24H38IN5O2. The molecule has 32 heavy (non-hydrogen) atoms. The van der Waals surface area contributed by atoms with Crippen LogP contribution in [0.3, 0.4) is 0 Å². The van der Waals surface area contributed by atoms with Crippen molar-refractivity contribution in [2.75, 3.05) is 53.9 Å². The monoisotopic (exact) mass is 555 g/mol. The number of carbonyl (C=O) groups is 1. The Morgan fingerprint density at radius 3 is 2.59 bits per heavy atom. The highest BCUT2D eigenvalue weighted by atomic mass is 127. The molecule has 1 aromatic rings. The van der Waals surface area contributed by atoms with Crippen LogP contribution in [-0.4, -0.2) is 92.6 Å². The summed E-state index contributed by atoms with van der Waals surface area (Å²) in [6.07, 6.45) is 4.34. The third-order valence-corrected chi connectivity index (χ3v) is 7.16. The van der Waals surface area contributed by atoms with Crippen molar-refractivity contribution in [3.63, 3.8) is 0 Å². The Morgan fingerprint density at radius 2 is 1.94 bits per heavy atom. The van der Waals surface area contributed by atoms with Gasteiger partial charge >= 0.3 is 0 Å². The largest absolute Gasteiger partial charge is 0.373 e. The Hall–Kier alpha value is -1.39. The van der Waals surface area contributed by atoms with Gasteiger partial charge < -0.3 is 19.9 Å². The van der Waals surface area contributed by atoms with E-state index in [-0.39, 0.29) is 41.4 Å². The number of ether oxygens (including phenoxy) is 1. The number of fused-ring (bicyclic) bond motifs is 1. The molecule has 0 radical (unpaired) electrons. The van der Waals surface area contributed by atoms with Gasteiger partial charge in [0.05, 0.1) is 24.2 Å². The third kappa shape index (κ3) is 5.39. The number of rotatable bonds is 5. The zero-order valence-corrected chi connectivity index (χ0v) is 22.0. The fourth-order valence-corrected chi connectivity index (χ4v) is 5.52. The van der Waals surface area contributed by atoms with E-state index < -0.39 is 0 Å². The minimum absolute atomic E-state index is 0. The number of hydrogen-bond donors (Lipinski definition) is 1. The second-order valence-corrected chi connectivity index (χ2v) is 9.43. The van der Waals surface area contributed by atoms with Crippen LogP contribution in [0.1, 0.15) is 31.2 Å². The summed E-state index contributed by atoms with van der Waals surface area (Å²) in [4.78, 5) is 24.1. The summed E-state index contributed by atoms with van der Waals surface area (Å²) < 4.78 is 6.14. The van der Waals surface area contributed by atoms with E-state index in [0.717, 1.165) is 64.4 Å². The summed E-state index contributed by atoms with van der Waals surface area (Å²) in [6.45, 7) is 5.06. The van der Waals surface area contributed by atoms with E-state index in [1.54, 1.807) is 4.90 Å². The highest BCUT2D eigenvalue weighted by Gasteiger charge is 2.44. The van der Waals surface area contributed by atoms with Crippen molar-refractivity contribution in [1.82, 2.24) is 20.0 Å². The van der Waals surface area contributed by atoms with Crippen LogP contribution in [0.2, 0.25) is 0 Å². The van der Waals surface area contributed by atoms with Crippen LogP contribution in [0.4, 0.5) is 0 Å². The molecule has 1 saturated carbocycles. The van der Waals surface area contributed by atoms with Gasteiger partial charge in [0.15, 0.2) is 5.96 Å². The second-order valence-electron chi connectivity index (χ2n) is 9.43. The van der Waals surface area contributed by atoms with Crippen LogP contribution in [0.5, 0.6) is 0 Å². The third-order valence-electron chi connectivity index (χ3n) is 7.16. The average molecular weight is 556 g/mol. The van der Waals surface area contributed by atoms with Gasteiger partial charge in [-0.1, -0.05) is 43.2 Å². The average Bonchev–Trinajstić information content (AvgIpc) is 3.43. The van der Waals surface area contributed by atoms with Crippen LogP contribution in [-0.2, 0) is 16.1 Å². The van der Waals surface area contributed by atoms with Gasteiger partial charge in [-0.2, -0.15) is 0 Å². The van der Waals surface area contributed by atoms with Gasteiger partial charge in [-0.25, -0.2) is 0 Å². The minimum Gasteiger partial charge on any atom is -0.373 e. The molecule has 7 nitrogen and oxygen atoms in total. The van der Waals surface area contributed by atoms with Gasteiger partial charge in [0.25, 0.3) is 0 Å². The molecule has 2 aliphatic heterocycles. The Labute approximate surface area is 209 Å². The first kappa shape index (κ1) is 25.2. The number of carbonyl (C=O) groups excluding carboxylic acids is 1. The Bertz CT molecular complexity index is 782. The van der Waals surface area contributed by atoms with Gasteiger partial charge in [-0.3, -0.25) is 14.7 Å². The van der Waals surface area contributed by atoms with Gasteiger partial charge in [0, 0.05) is 53.9 Å². The van der Waals surface area contributed by atoms with E-state index in [4.69, 9.17) is 4.74 Å². The van der Waals surface area contributed by atoms with E-state index in [1.807, 2.05) is 21.1 Å². The van der Waals surface area contributed by atoms with Crippen LogP contribution in [0, 0.1) is 5.41 Å². The van der Waals surface area contributed by atoms with Gasteiger partial charge in [0.2, 0.25) is 5.91 Å². The summed E-state index contributed by atoms with van der Waals surface area (Å²) in [7, 11) is 5.56. The molecule has 1 aliphatic carbocycles. The molecule has 2 unspecified atom stereocenters. The number of amides is 1. The fraction of sp³-hybridized carbons (Fsp3) is 0.667. The van der Waals surface area contributed by atoms with E-state index in [1.165, 1.54) is 5.56 Å². The smallest absolute Gasteiger partial charge is 0.230 e. The zero-order chi connectivity index (χ0) is 21.8. The zero-order valence-electron chi connectivity index (χ0n) is 19.6. The molecule has 2 atom stereocenters. The quantitative estimate of drug-likeness (QED) is 0.344. The number of halogens is 1. The summed E-state index contributed by atoms with van der Waals surface area (Å²) in [6, 6.07) is 11.0. The number of guanidine groups is 1. The second kappa shape index (κ2) is 11.2. The van der Waals surface area contributed by atoms with Crippen molar-refractivity contribution in [3.05, 3.63) is 35.9 Å². The summed E-state index contributed by atoms with van der Waals surface area (Å²) in [5.41, 5.74) is 1.04. The number of nitrogens with zero attached hydrogens (tertiary/aromatic N) is 4. The predicted molar refractivity (Wildman–Crippen MR) is 138 cm³/mol. The molecule has 0 aromatic heterocycles. The van der Waals surface area contributed by atoms with Crippen molar-refractivity contribution in [2.24, 2.45) is 10.4 Å². The maximum atomic E-state index is 12.9. The fourth-order valence-electron chi connectivity index (χ4n) is 5.52. The molecule has 0 bridgehead atoms. The number of likely N-dealkylation sites (tertiary alicyclic amines) is 1. The standard InChI is InChI=1S/C24H37N5O2.HI/c1-25-23(26-18-24(11-7-8-12-24)22(30)27(2)3)29-16-20-21(17-29)31-14-13-28(20)15-19-9-5-4-6-10-19;/h4-6,9-10,20-21H,7-8,11-18H2,1-3H3,(H,25,26);1H. The van der Waals surface area contributed by atoms with Gasteiger partial charge in [-0.05, 0) is 18.4 Å². The van der Waals surface area contributed by atoms with E-state index >= 15 is 0 Å². The first-order chi connectivity index (χ1) is 15.0. The molecule has 2 heterocycles. The highest BCUT2D eigenvalue weighted by Crippen LogP contribution is 2.39. The molecular weight excluding hydrogens is 517 g/mol. The maximum Gasteiger partial charge on any atom is 0.230 e. The number of morpholine rings is 1. The number of aliphatic imine (C=N–C) groups is 1. The van der Waals surface area contributed by atoms with Crippen molar-refractivity contribution in [3.8, 4) is 0 Å². The molecule has 3 fully saturated rings. The van der Waals surface area contributed by atoms with Crippen molar-refractivity contribution in [2.45, 2.75) is 44.4 Å². The minimum atomic E-state index is -0.304. The van der Waals surface area contributed by atoms with Crippen molar-refractivity contribution in [1.29, 1.82) is 0 Å². The predicted octanol–water partition coefficient (Wildman–Crippen LogP) is 2.41. The Balaban J connectivity index is 0.00000289. The molecule has 4 rings (SSSR count). The van der Waals surface area contributed by atoms with Gasteiger partial charge in [-0.15, -0.1) is 24.0 Å². The lowest BCUT2D eigenvalue weighted by Crippen LogP contribution is -2.51. The molecule has 3 aliphatic rings. The van der Waals surface area contributed by atoms with E-state index in [9.17, 15) is 4.79 Å². The van der Waals surface area contributed by atoms with Crippen LogP contribution in [0.15, 0.2) is 35.3 Å². The molecule has 1 amide bonds. The van der Waals surface area contributed by atoms with Crippen molar-refractivity contribution >= 4 is 35.8 Å². The Morgan fingerprint density at radius 1 is 1.22 bits per heavy atom. The van der Waals surface area contributed by atoms with Crippen LogP contribution < -0.4 is 5.32 Å². The first-order valence-corrected chi connectivity index (χ1v) is 11.6. The molecule has 0 spiro atoms. The SMILES string of the molecule is CN=C(NCC1(C(=O)N(C)C)CCCC1)N1CC2OCCN(Cc3ccccc3)C2C1.I. The lowest BCUT2D eigenvalue weighted by atomic mass is 9.84. The van der Waals surface area contributed by atoms with Crippen LogP contribution in [0.25, 0.3) is 0 Å². The summed E-state index contributed by atoms with van der Waals surface area (Å²) in [5, 5.41) is 3.56. The highest BCUT2D eigenvalue weighted by molar-refractivity contribution is 14.0. The molecule has 2 saturated heterocycles. The molecule has 1 aromatic carbocycles. The lowest BCUT2D eigenvalue weighted by molar-refractivity contribution is -0.138. The number of nitrogens with one attached hydrogen (secondary N) is 1. The topological polar surface area (TPSA) is 60.4 Å². The first-order valence-electron chi connectivity index (χ1n) is 11.6. The molecule has 8 heteroatoms. The number of benzene rings is 1. The van der Waals surface area contributed by atoms with Crippen molar-refractivity contribution < 1.29 is 9.53 Å². The summed E-state index contributed by atoms with van der Waals surface area (Å²) in [5.74, 6) is 1.12. The van der Waals surface area contributed by atoms with Crippen LogP contribution >= 0.6 is 24.0 Å². The molecule has 178 valence electrons. The normalized spacial score (nSPS) is 25.2. The van der Waals surface area contributed by atoms with E-state index in [2.05, 4.69) is 50.4 Å². The maximum absolute atomic E-state index is 12.9. The Kier molecular flexibility index (Phi) is 8.80. The number of hydrogen-bond acceptors (Lipinski definition) is 4.